The molecule has 0 amide bonds. The van der Waals surface area contributed by atoms with Gasteiger partial charge in [-0.25, -0.2) is 4.39 Å². The number of thioether (sulfide) groups is 1. The lowest BCUT2D eigenvalue weighted by Crippen LogP contribution is -1.93. The second kappa shape index (κ2) is 6.62. The monoisotopic (exact) mass is 276 g/mol. The molecule has 1 nitrogen and oxygen atoms in total. The summed E-state index contributed by atoms with van der Waals surface area (Å²) in [7, 11) is 1.67. The van der Waals surface area contributed by atoms with Crippen LogP contribution in [0.25, 0.3) is 0 Å². The van der Waals surface area contributed by atoms with Gasteiger partial charge in [0.1, 0.15) is 11.6 Å². The van der Waals surface area contributed by atoms with Crippen molar-refractivity contribution in [1.82, 2.24) is 0 Å². The summed E-state index contributed by atoms with van der Waals surface area (Å²) in [4.78, 5) is 1.09. The highest BCUT2D eigenvalue weighted by atomic mass is 32.2. The van der Waals surface area contributed by atoms with Crippen molar-refractivity contribution in [3.05, 3.63) is 59.9 Å². The molecule has 0 N–H and O–H groups in total. The van der Waals surface area contributed by atoms with Gasteiger partial charge in [0.05, 0.1) is 7.11 Å². The lowest BCUT2D eigenvalue weighted by molar-refractivity contribution is 0.414. The third-order valence-electron chi connectivity index (χ3n) is 2.95. The number of rotatable bonds is 5. The Kier molecular flexibility index (Phi) is 4.86. The highest BCUT2D eigenvalue weighted by Gasteiger charge is 2.11. The average molecular weight is 276 g/mol. The fraction of sp³-hybridized carbons (Fsp3) is 0.250. The van der Waals surface area contributed by atoms with Crippen molar-refractivity contribution in [3.8, 4) is 5.75 Å². The Morgan fingerprint density at radius 3 is 2.21 bits per heavy atom. The largest absolute Gasteiger partial charge is 0.497 e. The summed E-state index contributed by atoms with van der Waals surface area (Å²) in [5.74, 6) is 0.673. The second-order valence-electron chi connectivity index (χ2n) is 4.24. The van der Waals surface area contributed by atoms with Crippen LogP contribution in [0.1, 0.15) is 24.2 Å². The molecule has 0 saturated heterocycles. The van der Waals surface area contributed by atoms with E-state index in [2.05, 4.69) is 19.1 Å². The van der Waals surface area contributed by atoms with Crippen LogP contribution < -0.4 is 4.74 Å². The number of methoxy groups -OCH3 is 1. The van der Waals surface area contributed by atoms with Crippen LogP contribution in [0.4, 0.5) is 4.39 Å². The molecule has 0 saturated carbocycles. The Morgan fingerprint density at radius 2 is 1.68 bits per heavy atom. The molecule has 0 spiro atoms. The van der Waals surface area contributed by atoms with Crippen molar-refractivity contribution in [1.29, 1.82) is 0 Å². The lowest BCUT2D eigenvalue weighted by Gasteiger charge is -2.15. The molecule has 0 radical (unpaired) electrons. The number of hydrogen-bond donors (Lipinski definition) is 0. The van der Waals surface area contributed by atoms with E-state index < -0.39 is 0 Å². The zero-order chi connectivity index (χ0) is 13.7. The highest BCUT2D eigenvalue weighted by Crippen LogP contribution is 2.38. The van der Waals surface area contributed by atoms with Crippen LogP contribution in [0.5, 0.6) is 5.75 Å². The van der Waals surface area contributed by atoms with E-state index in [1.54, 1.807) is 18.9 Å². The van der Waals surface area contributed by atoms with Gasteiger partial charge in [-0.3, -0.25) is 0 Å². The van der Waals surface area contributed by atoms with Crippen LogP contribution in [-0.4, -0.2) is 7.11 Å². The maximum atomic E-state index is 12.9. The molecule has 1 atom stereocenters. The molecule has 0 fully saturated rings. The Labute approximate surface area is 117 Å². The fourth-order valence-electron chi connectivity index (χ4n) is 1.88. The predicted molar refractivity (Wildman–Crippen MR) is 78.3 cm³/mol. The van der Waals surface area contributed by atoms with E-state index in [1.807, 2.05) is 24.3 Å². The van der Waals surface area contributed by atoms with E-state index in [4.69, 9.17) is 4.74 Å². The molecular weight excluding hydrogens is 259 g/mol. The van der Waals surface area contributed by atoms with Crippen molar-refractivity contribution in [3.63, 3.8) is 0 Å². The van der Waals surface area contributed by atoms with Gasteiger partial charge in [0.2, 0.25) is 0 Å². The molecule has 2 aromatic rings. The summed E-state index contributed by atoms with van der Waals surface area (Å²) in [6, 6.07) is 14.8. The fourth-order valence-corrected chi connectivity index (χ4v) is 2.96. The third-order valence-corrected chi connectivity index (χ3v) is 4.38. The van der Waals surface area contributed by atoms with Crippen molar-refractivity contribution < 1.29 is 9.13 Å². The van der Waals surface area contributed by atoms with Gasteiger partial charge < -0.3 is 4.74 Å². The molecule has 3 heteroatoms. The quantitative estimate of drug-likeness (QED) is 0.704. The normalized spacial score (nSPS) is 12.2. The Morgan fingerprint density at radius 1 is 1.05 bits per heavy atom. The maximum Gasteiger partial charge on any atom is 0.123 e. The zero-order valence-corrected chi connectivity index (χ0v) is 11.9. The van der Waals surface area contributed by atoms with Crippen LogP contribution in [0.2, 0.25) is 0 Å². The molecule has 0 unspecified atom stereocenters. The number of ether oxygens (including phenoxy) is 1. The van der Waals surface area contributed by atoms with E-state index >= 15 is 0 Å². The molecular formula is C16H17FOS. The first-order valence-corrected chi connectivity index (χ1v) is 7.17. The van der Waals surface area contributed by atoms with Gasteiger partial charge in [0.25, 0.3) is 0 Å². The molecule has 0 aliphatic rings. The first-order chi connectivity index (χ1) is 9.22. The highest BCUT2D eigenvalue weighted by molar-refractivity contribution is 7.99. The summed E-state index contributed by atoms with van der Waals surface area (Å²) in [5, 5.41) is 0.372. The van der Waals surface area contributed by atoms with Crippen LogP contribution in [0, 0.1) is 5.82 Å². The molecule has 0 aliphatic carbocycles. The van der Waals surface area contributed by atoms with E-state index in [9.17, 15) is 4.39 Å². The van der Waals surface area contributed by atoms with E-state index in [-0.39, 0.29) is 5.82 Å². The van der Waals surface area contributed by atoms with Gasteiger partial charge in [-0.15, -0.1) is 11.8 Å². The van der Waals surface area contributed by atoms with Gasteiger partial charge in [-0.2, -0.15) is 0 Å². The first kappa shape index (κ1) is 13.9. The summed E-state index contributed by atoms with van der Waals surface area (Å²) < 4.78 is 18.1. The molecule has 19 heavy (non-hydrogen) atoms. The third kappa shape index (κ3) is 3.74. The number of hydrogen-bond acceptors (Lipinski definition) is 2. The molecule has 2 rings (SSSR count). The standard InChI is InChI=1S/C16H17FOS/c1-3-16(12-4-8-14(18-2)9-5-12)19-15-10-6-13(17)7-11-15/h4-11,16H,3H2,1-2H3/t16-/m1/s1. The summed E-state index contributed by atoms with van der Waals surface area (Å²) in [6.45, 7) is 2.16. The maximum absolute atomic E-state index is 12.9. The van der Waals surface area contributed by atoms with E-state index in [0.29, 0.717) is 5.25 Å². The second-order valence-corrected chi connectivity index (χ2v) is 5.52. The molecule has 0 heterocycles. The summed E-state index contributed by atoms with van der Waals surface area (Å²) in [5.41, 5.74) is 1.26. The van der Waals surface area contributed by atoms with Crippen LogP contribution in [0.15, 0.2) is 53.4 Å². The number of halogens is 1. The summed E-state index contributed by atoms with van der Waals surface area (Å²) in [6.07, 6.45) is 1.02. The summed E-state index contributed by atoms with van der Waals surface area (Å²) >= 11 is 1.76. The lowest BCUT2D eigenvalue weighted by atomic mass is 10.1. The minimum absolute atomic E-state index is 0.193. The molecule has 0 bridgehead atoms. The Balaban J connectivity index is 2.12. The molecule has 2 aromatic carbocycles. The van der Waals surface area contributed by atoms with Gasteiger partial charge in [0, 0.05) is 10.1 Å². The average Bonchev–Trinajstić information content (AvgIpc) is 2.47. The number of benzene rings is 2. The van der Waals surface area contributed by atoms with Crippen molar-refractivity contribution >= 4 is 11.8 Å². The smallest absolute Gasteiger partial charge is 0.123 e. The minimum atomic E-state index is -0.193. The van der Waals surface area contributed by atoms with Crippen LogP contribution in [-0.2, 0) is 0 Å². The topological polar surface area (TPSA) is 9.23 Å². The molecule has 100 valence electrons. The first-order valence-electron chi connectivity index (χ1n) is 6.29. The van der Waals surface area contributed by atoms with Crippen LogP contribution in [0.3, 0.4) is 0 Å². The van der Waals surface area contributed by atoms with Crippen molar-refractivity contribution in [2.24, 2.45) is 0 Å². The molecule has 0 aromatic heterocycles. The Bertz CT molecular complexity index is 507. The SMILES string of the molecule is CC[C@@H](Sc1ccc(F)cc1)c1ccc(OC)cc1. The van der Waals surface area contributed by atoms with Crippen molar-refractivity contribution in [2.45, 2.75) is 23.5 Å². The van der Waals surface area contributed by atoms with Gasteiger partial charge in [-0.1, -0.05) is 19.1 Å². The zero-order valence-electron chi connectivity index (χ0n) is 11.1. The van der Waals surface area contributed by atoms with E-state index in [1.165, 1.54) is 17.7 Å². The van der Waals surface area contributed by atoms with E-state index in [0.717, 1.165) is 17.1 Å². The van der Waals surface area contributed by atoms with Crippen molar-refractivity contribution in [2.75, 3.05) is 7.11 Å². The van der Waals surface area contributed by atoms with Gasteiger partial charge in [0.15, 0.2) is 0 Å². The Hall–Kier alpha value is -1.48. The molecule has 0 aliphatic heterocycles. The predicted octanol–water partition coefficient (Wildman–Crippen LogP) is 5.08. The van der Waals surface area contributed by atoms with Gasteiger partial charge in [-0.05, 0) is 48.4 Å². The van der Waals surface area contributed by atoms with Crippen LogP contribution >= 0.6 is 11.8 Å². The minimum Gasteiger partial charge on any atom is -0.497 e. The van der Waals surface area contributed by atoms with Gasteiger partial charge >= 0.3 is 0 Å².